The van der Waals surface area contributed by atoms with Crippen LogP contribution in [0.3, 0.4) is 0 Å². The van der Waals surface area contributed by atoms with Gasteiger partial charge in [0.25, 0.3) is 0 Å². The first-order valence-electron chi connectivity index (χ1n) is 10.0. The van der Waals surface area contributed by atoms with Crippen LogP contribution in [-0.2, 0) is 21.9 Å². The molecule has 0 radical (unpaired) electrons. The van der Waals surface area contributed by atoms with Gasteiger partial charge in [-0.1, -0.05) is 35.5 Å². The third kappa shape index (κ3) is 5.15. The van der Waals surface area contributed by atoms with Crippen molar-refractivity contribution >= 4 is 45.1 Å². The van der Waals surface area contributed by atoms with Crippen molar-refractivity contribution in [3.8, 4) is 11.3 Å². The number of pyridine rings is 1. The summed E-state index contributed by atoms with van der Waals surface area (Å²) in [4.78, 5) is 16.8. The van der Waals surface area contributed by atoms with Gasteiger partial charge in [0.05, 0.1) is 16.5 Å². The SMILES string of the molecule is Cn1nc(-c2ccc(Cl)cc2)cc1NC(=O)CSc1ccc(S(=O)(=O)N2CCCC2)cn1. The van der Waals surface area contributed by atoms with Crippen LogP contribution in [0.15, 0.2) is 58.6 Å². The molecular formula is C21H22ClN5O3S2. The predicted molar refractivity (Wildman–Crippen MR) is 125 cm³/mol. The van der Waals surface area contributed by atoms with E-state index < -0.39 is 10.0 Å². The number of anilines is 1. The smallest absolute Gasteiger partial charge is 0.244 e. The number of amides is 1. The maximum Gasteiger partial charge on any atom is 0.244 e. The molecule has 1 saturated heterocycles. The molecule has 3 aromatic rings. The minimum atomic E-state index is -3.49. The van der Waals surface area contributed by atoms with E-state index in [4.69, 9.17) is 11.6 Å². The van der Waals surface area contributed by atoms with Gasteiger partial charge in [-0.3, -0.25) is 9.48 Å². The second kappa shape index (κ2) is 9.62. The largest absolute Gasteiger partial charge is 0.310 e. The highest BCUT2D eigenvalue weighted by Gasteiger charge is 2.27. The van der Waals surface area contributed by atoms with Crippen LogP contribution in [0.5, 0.6) is 0 Å². The van der Waals surface area contributed by atoms with Crippen molar-refractivity contribution in [3.63, 3.8) is 0 Å². The van der Waals surface area contributed by atoms with Gasteiger partial charge in [-0.05, 0) is 37.1 Å². The Morgan fingerprint density at radius 1 is 1.16 bits per heavy atom. The number of carbonyl (C=O) groups excluding carboxylic acids is 1. The summed E-state index contributed by atoms with van der Waals surface area (Å²) in [6.07, 6.45) is 3.12. The molecule has 1 aliphatic heterocycles. The molecule has 168 valence electrons. The average Bonchev–Trinajstić information content (AvgIpc) is 3.44. The first-order valence-corrected chi connectivity index (χ1v) is 12.8. The lowest BCUT2D eigenvalue weighted by molar-refractivity contribution is -0.113. The molecule has 0 unspecified atom stereocenters. The van der Waals surface area contributed by atoms with E-state index in [-0.39, 0.29) is 16.6 Å². The number of sulfonamides is 1. The Hall–Kier alpha value is -2.40. The third-order valence-corrected chi connectivity index (χ3v) is 8.13. The number of nitrogens with one attached hydrogen (secondary N) is 1. The molecule has 2 aromatic heterocycles. The predicted octanol–water partition coefficient (Wildman–Crippen LogP) is 3.65. The minimum absolute atomic E-state index is 0.132. The summed E-state index contributed by atoms with van der Waals surface area (Å²) in [5, 5.41) is 8.49. The summed E-state index contributed by atoms with van der Waals surface area (Å²) in [6.45, 7) is 1.10. The molecule has 8 nitrogen and oxygen atoms in total. The summed E-state index contributed by atoms with van der Waals surface area (Å²) >= 11 is 7.16. The quantitative estimate of drug-likeness (QED) is 0.507. The van der Waals surface area contributed by atoms with E-state index >= 15 is 0 Å². The molecule has 0 saturated carbocycles. The van der Waals surface area contributed by atoms with E-state index in [0.29, 0.717) is 29.0 Å². The van der Waals surface area contributed by atoms with Crippen LogP contribution in [0.25, 0.3) is 11.3 Å². The van der Waals surface area contributed by atoms with Crippen LogP contribution in [0, 0.1) is 0 Å². The molecule has 0 aliphatic carbocycles. The summed E-state index contributed by atoms with van der Waals surface area (Å²) in [7, 11) is -1.74. The highest BCUT2D eigenvalue weighted by molar-refractivity contribution is 7.99. The molecule has 1 amide bonds. The normalized spacial score (nSPS) is 14.6. The number of benzene rings is 1. The van der Waals surface area contributed by atoms with Gasteiger partial charge in [0.2, 0.25) is 15.9 Å². The lowest BCUT2D eigenvalue weighted by Gasteiger charge is -2.15. The van der Waals surface area contributed by atoms with Crippen LogP contribution in [0.1, 0.15) is 12.8 Å². The highest BCUT2D eigenvalue weighted by Crippen LogP contribution is 2.25. The summed E-state index contributed by atoms with van der Waals surface area (Å²) in [5.41, 5.74) is 1.62. The van der Waals surface area contributed by atoms with Gasteiger partial charge in [0.15, 0.2) is 0 Å². The zero-order chi connectivity index (χ0) is 22.7. The fourth-order valence-corrected chi connectivity index (χ4v) is 5.58. The van der Waals surface area contributed by atoms with E-state index in [1.807, 2.05) is 12.1 Å². The average molecular weight is 492 g/mol. The number of aromatic nitrogens is 3. The van der Waals surface area contributed by atoms with E-state index in [0.717, 1.165) is 24.1 Å². The fourth-order valence-electron chi connectivity index (χ4n) is 3.35. The standard InChI is InChI=1S/C21H22ClN5O3S2/c1-26-19(12-18(25-26)15-4-6-16(22)7-5-15)24-20(28)14-31-21-9-8-17(13-23-21)32(29,30)27-10-2-3-11-27/h4-9,12-13H,2-3,10-11,14H2,1H3,(H,24,28). The monoisotopic (exact) mass is 491 g/mol. The lowest BCUT2D eigenvalue weighted by Crippen LogP contribution is -2.27. The molecule has 0 bridgehead atoms. The van der Waals surface area contributed by atoms with Gasteiger partial charge in [-0.15, -0.1) is 0 Å². The van der Waals surface area contributed by atoms with Crippen molar-refractivity contribution < 1.29 is 13.2 Å². The number of rotatable bonds is 7. The molecule has 1 aliphatic rings. The molecule has 1 N–H and O–H groups in total. The molecular weight excluding hydrogens is 470 g/mol. The molecule has 0 spiro atoms. The Kier molecular flexibility index (Phi) is 6.85. The van der Waals surface area contributed by atoms with Crippen molar-refractivity contribution in [3.05, 3.63) is 53.7 Å². The number of aryl methyl sites for hydroxylation is 1. The lowest BCUT2D eigenvalue weighted by atomic mass is 10.1. The van der Waals surface area contributed by atoms with Crippen LogP contribution < -0.4 is 5.32 Å². The number of carbonyl (C=O) groups is 1. The van der Waals surface area contributed by atoms with E-state index in [9.17, 15) is 13.2 Å². The van der Waals surface area contributed by atoms with Crippen molar-refractivity contribution in [1.82, 2.24) is 19.1 Å². The number of hydrogen-bond donors (Lipinski definition) is 1. The Morgan fingerprint density at radius 2 is 1.88 bits per heavy atom. The fraction of sp³-hybridized carbons (Fsp3) is 0.286. The van der Waals surface area contributed by atoms with Gasteiger partial charge in [-0.25, -0.2) is 13.4 Å². The van der Waals surface area contributed by atoms with Crippen molar-refractivity contribution in [1.29, 1.82) is 0 Å². The summed E-state index contributed by atoms with van der Waals surface area (Å²) < 4.78 is 28.2. The van der Waals surface area contributed by atoms with Gasteiger partial charge in [0.1, 0.15) is 10.7 Å². The van der Waals surface area contributed by atoms with Crippen molar-refractivity contribution in [2.24, 2.45) is 7.05 Å². The second-order valence-electron chi connectivity index (χ2n) is 7.33. The zero-order valence-electron chi connectivity index (χ0n) is 17.4. The Bertz CT molecular complexity index is 1210. The number of thioether (sulfide) groups is 1. The summed E-state index contributed by atoms with van der Waals surface area (Å²) in [6, 6.07) is 12.3. The van der Waals surface area contributed by atoms with Crippen molar-refractivity contribution in [2.75, 3.05) is 24.2 Å². The molecule has 3 heterocycles. The minimum Gasteiger partial charge on any atom is -0.310 e. The number of halogens is 1. The third-order valence-electron chi connectivity index (χ3n) is 5.05. The molecule has 0 atom stereocenters. The van der Waals surface area contributed by atoms with Crippen LogP contribution in [-0.4, -0.2) is 52.2 Å². The molecule has 11 heteroatoms. The van der Waals surface area contributed by atoms with Crippen molar-refractivity contribution in [2.45, 2.75) is 22.8 Å². The molecule has 1 aromatic carbocycles. The first-order chi connectivity index (χ1) is 15.3. The van der Waals surface area contributed by atoms with Crippen LogP contribution in [0.2, 0.25) is 5.02 Å². The molecule has 32 heavy (non-hydrogen) atoms. The molecule has 1 fully saturated rings. The topological polar surface area (TPSA) is 97.2 Å². The van der Waals surface area contributed by atoms with Gasteiger partial charge < -0.3 is 5.32 Å². The van der Waals surface area contributed by atoms with E-state index in [2.05, 4.69) is 15.4 Å². The Morgan fingerprint density at radius 3 is 2.53 bits per heavy atom. The molecule has 4 rings (SSSR count). The number of nitrogens with zero attached hydrogens (tertiary/aromatic N) is 4. The Labute approximate surface area is 196 Å². The highest BCUT2D eigenvalue weighted by atomic mass is 35.5. The van der Waals surface area contributed by atoms with Crippen LogP contribution in [0.4, 0.5) is 5.82 Å². The zero-order valence-corrected chi connectivity index (χ0v) is 19.8. The van der Waals surface area contributed by atoms with Gasteiger partial charge >= 0.3 is 0 Å². The van der Waals surface area contributed by atoms with Crippen LogP contribution >= 0.6 is 23.4 Å². The maximum atomic E-state index is 12.6. The maximum absolute atomic E-state index is 12.6. The number of hydrogen-bond acceptors (Lipinski definition) is 6. The van der Waals surface area contributed by atoms with Gasteiger partial charge in [-0.2, -0.15) is 9.40 Å². The second-order valence-corrected chi connectivity index (χ2v) is 10.7. The Balaban J connectivity index is 1.35. The first kappa shape index (κ1) is 22.8. The summed E-state index contributed by atoms with van der Waals surface area (Å²) in [5.74, 6) is 0.490. The van der Waals surface area contributed by atoms with E-state index in [1.54, 1.807) is 42.1 Å². The van der Waals surface area contributed by atoms with Gasteiger partial charge in [0, 0.05) is 43.0 Å². The van der Waals surface area contributed by atoms with E-state index in [1.165, 1.54) is 22.3 Å².